The molecule has 0 amide bonds. The van der Waals surface area contributed by atoms with Crippen LogP contribution in [-0.4, -0.2) is 29.3 Å². The van der Waals surface area contributed by atoms with Gasteiger partial charge < -0.3 is 9.97 Å². The van der Waals surface area contributed by atoms with Crippen LogP contribution in [0.2, 0.25) is 0 Å². The van der Waals surface area contributed by atoms with Crippen LogP contribution in [0.4, 0.5) is 0 Å². The van der Waals surface area contributed by atoms with Gasteiger partial charge in [0.05, 0.1) is 0 Å². The molecule has 0 aliphatic carbocycles. The van der Waals surface area contributed by atoms with Gasteiger partial charge in [-0.1, -0.05) is 0 Å². The predicted molar refractivity (Wildman–Crippen MR) is 72.5 cm³/mol. The topological polar surface area (TPSA) is 112 Å². The molecule has 4 heterocycles. The number of nitrogens with one attached hydrogen (secondary N) is 3. The van der Waals surface area contributed by atoms with Crippen LogP contribution in [0, 0.1) is 0 Å². The highest BCUT2D eigenvalue weighted by Crippen LogP contribution is 2.02. The summed E-state index contributed by atoms with van der Waals surface area (Å²) in [4.78, 5) is 36.9. The van der Waals surface area contributed by atoms with Crippen molar-refractivity contribution in [1.82, 2.24) is 29.3 Å². The van der Waals surface area contributed by atoms with E-state index in [1.54, 1.807) is 30.9 Å². The van der Waals surface area contributed by atoms with Crippen molar-refractivity contribution in [2.24, 2.45) is 0 Å². The Morgan fingerprint density at radius 1 is 1.05 bits per heavy atom. The first-order valence-corrected chi connectivity index (χ1v) is 5.77. The summed E-state index contributed by atoms with van der Waals surface area (Å²) in [7, 11) is 0. The molecular formula is C12H10N6O2. The molecule has 0 unspecified atom stereocenters. The molecule has 0 saturated carbocycles. The number of hydrogen-bond donors (Lipinski definition) is 3. The summed E-state index contributed by atoms with van der Waals surface area (Å²) in [6.07, 6.45) is 8.07. The van der Waals surface area contributed by atoms with E-state index in [2.05, 4.69) is 24.9 Å². The molecule has 3 N–H and O–H groups in total. The minimum absolute atomic E-state index is 0.157. The van der Waals surface area contributed by atoms with E-state index in [0.717, 1.165) is 11.0 Å². The molecule has 20 heavy (non-hydrogen) atoms. The Morgan fingerprint density at radius 3 is 2.75 bits per heavy atom. The fraction of sp³-hybridized carbons (Fsp3) is 0. The maximum absolute atomic E-state index is 10.9. The molecule has 0 bridgehead atoms. The number of aromatic amines is 3. The molecule has 4 aromatic heterocycles. The van der Waals surface area contributed by atoms with Crippen LogP contribution in [0.5, 0.6) is 0 Å². The first kappa shape index (κ1) is 11.9. The highest BCUT2D eigenvalue weighted by atomic mass is 16.1. The van der Waals surface area contributed by atoms with Gasteiger partial charge in [0, 0.05) is 36.4 Å². The van der Waals surface area contributed by atoms with Gasteiger partial charge in [0.1, 0.15) is 11.3 Å². The number of fused-ring (bicyclic) bond motifs is 2. The van der Waals surface area contributed by atoms with Crippen molar-refractivity contribution < 1.29 is 0 Å². The van der Waals surface area contributed by atoms with E-state index in [1.165, 1.54) is 10.6 Å². The molecule has 100 valence electrons. The quantitative estimate of drug-likeness (QED) is 0.426. The number of hydrogen-bond acceptors (Lipinski definition) is 4. The maximum atomic E-state index is 10.9. The molecule has 0 aliphatic rings. The molecule has 8 heteroatoms. The number of imidazole rings is 1. The third kappa shape index (κ3) is 2.21. The van der Waals surface area contributed by atoms with Crippen LogP contribution in [0.15, 0.2) is 52.7 Å². The fourth-order valence-electron chi connectivity index (χ4n) is 1.73. The van der Waals surface area contributed by atoms with Crippen molar-refractivity contribution in [2.45, 2.75) is 0 Å². The molecule has 0 radical (unpaired) electrons. The molecule has 0 spiro atoms. The summed E-state index contributed by atoms with van der Waals surface area (Å²) in [5.74, 6) is 0. The van der Waals surface area contributed by atoms with Gasteiger partial charge >= 0.3 is 11.4 Å². The van der Waals surface area contributed by atoms with E-state index in [4.69, 9.17) is 0 Å². The summed E-state index contributed by atoms with van der Waals surface area (Å²) in [6, 6.07) is 3.58. The highest BCUT2D eigenvalue weighted by molar-refractivity contribution is 5.73. The van der Waals surface area contributed by atoms with Crippen molar-refractivity contribution >= 4 is 16.7 Å². The van der Waals surface area contributed by atoms with Gasteiger partial charge in [-0.3, -0.25) is 9.38 Å². The zero-order valence-corrected chi connectivity index (χ0v) is 10.2. The minimum atomic E-state index is -0.324. The Bertz CT molecular complexity index is 960. The molecule has 0 saturated heterocycles. The Kier molecular flexibility index (Phi) is 2.88. The lowest BCUT2D eigenvalue weighted by Crippen LogP contribution is -2.13. The first-order valence-electron chi connectivity index (χ1n) is 5.77. The molecule has 0 atom stereocenters. The summed E-state index contributed by atoms with van der Waals surface area (Å²) in [6.45, 7) is 0. The second kappa shape index (κ2) is 4.84. The maximum Gasteiger partial charge on any atom is 0.346 e. The van der Waals surface area contributed by atoms with Gasteiger partial charge in [-0.15, -0.1) is 0 Å². The van der Waals surface area contributed by atoms with Crippen molar-refractivity contribution in [3.8, 4) is 0 Å². The van der Waals surface area contributed by atoms with E-state index in [0.29, 0.717) is 5.65 Å². The van der Waals surface area contributed by atoms with E-state index in [1.807, 2.05) is 6.07 Å². The van der Waals surface area contributed by atoms with E-state index in [9.17, 15) is 9.59 Å². The predicted octanol–water partition coefficient (Wildman–Crippen LogP) is 0.274. The minimum Gasteiger partial charge on any atom is -0.348 e. The Labute approximate surface area is 111 Å². The lowest BCUT2D eigenvalue weighted by atomic mass is 10.4. The van der Waals surface area contributed by atoms with Crippen molar-refractivity contribution in [3.05, 3.63) is 64.1 Å². The van der Waals surface area contributed by atoms with Crippen LogP contribution in [-0.2, 0) is 0 Å². The second-order valence-electron chi connectivity index (χ2n) is 3.93. The normalized spacial score (nSPS) is 10.4. The lowest BCUT2D eigenvalue weighted by molar-refractivity contribution is 1.00. The van der Waals surface area contributed by atoms with E-state index < -0.39 is 0 Å². The van der Waals surface area contributed by atoms with Crippen LogP contribution >= 0.6 is 0 Å². The summed E-state index contributed by atoms with van der Waals surface area (Å²) < 4.78 is 1.44. The third-order valence-electron chi connectivity index (χ3n) is 2.66. The summed E-state index contributed by atoms with van der Waals surface area (Å²) >= 11 is 0. The Balaban J connectivity index is 0.000000121. The van der Waals surface area contributed by atoms with Crippen LogP contribution in [0.3, 0.4) is 0 Å². The Morgan fingerprint density at radius 2 is 1.90 bits per heavy atom. The average molecular weight is 270 g/mol. The molecule has 0 fully saturated rings. The lowest BCUT2D eigenvalue weighted by Gasteiger charge is -1.86. The monoisotopic (exact) mass is 270 g/mol. The molecule has 0 aliphatic heterocycles. The first-order chi connectivity index (χ1) is 9.74. The fourth-order valence-corrected chi connectivity index (χ4v) is 1.73. The largest absolute Gasteiger partial charge is 0.348 e. The molecular weight excluding hydrogens is 260 g/mol. The van der Waals surface area contributed by atoms with E-state index in [-0.39, 0.29) is 11.4 Å². The number of aromatic nitrogens is 6. The van der Waals surface area contributed by atoms with Gasteiger partial charge in [-0.2, -0.15) is 0 Å². The van der Waals surface area contributed by atoms with Crippen molar-refractivity contribution in [2.75, 3.05) is 0 Å². The highest BCUT2D eigenvalue weighted by Gasteiger charge is 1.93. The smallest absolute Gasteiger partial charge is 0.346 e. The molecule has 0 aromatic carbocycles. The zero-order chi connectivity index (χ0) is 13.9. The molecule has 4 aromatic rings. The SMILES string of the molecule is O=c1[nH]ccc2nccn12.O=c1ncc2cc[nH]c2[nH]1. The van der Waals surface area contributed by atoms with Gasteiger partial charge in [-0.05, 0) is 12.1 Å². The van der Waals surface area contributed by atoms with Crippen LogP contribution in [0.25, 0.3) is 16.7 Å². The number of nitrogens with zero attached hydrogens (tertiary/aromatic N) is 3. The molecule has 4 rings (SSSR count). The summed E-state index contributed by atoms with van der Waals surface area (Å²) in [5, 5.41) is 0.916. The Hall–Kier alpha value is -3.16. The zero-order valence-electron chi connectivity index (χ0n) is 10.2. The number of rotatable bonds is 0. The van der Waals surface area contributed by atoms with Crippen molar-refractivity contribution in [3.63, 3.8) is 0 Å². The standard InChI is InChI=1S/2C6H5N3O/c10-6-8-2-1-5-7-3-4-9(5)6;10-6-8-3-4-1-2-7-5(4)9-6/h1-4H,(H,8,10);1-3H,(H2,7,8,9,10). The van der Waals surface area contributed by atoms with Crippen LogP contribution in [0.1, 0.15) is 0 Å². The van der Waals surface area contributed by atoms with Crippen molar-refractivity contribution in [1.29, 1.82) is 0 Å². The van der Waals surface area contributed by atoms with Gasteiger partial charge in [0.15, 0.2) is 0 Å². The molecule has 8 nitrogen and oxygen atoms in total. The van der Waals surface area contributed by atoms with Gasteiger partial charge in [0.25, 0.3) is 0 Å². The van der Waals surface area contributed by atoms with Gasteiger partial charge in [-0.25, -0.2) is 19.6 Å². The van der Waals surface area contributed by atoms with Crippen LogP contribution < -0.4 is 11.4 Å². The second-order valence-corrected chi connectivity index (χ2v) is 3.93. The van der Waals surface area contributed by atoms with Gasteiger partial charge in [0.2, 0.25) is 0 Å². The summed E-state index contributed by atoms with van der Waals surface area (Å²) in [5.41, 5.74) is 0.911. The van der Waals surface area contributed by atoms with E-state index >= 15 is 0 Å². The number of H-pyrrole nitrogens is 3. The average Bonchev–Trinajstić information content (AvgIpc) is 3.07. The third-order valence-corrected chi connectivity index (χ3v) is 2.66.